The van der Waals surface area contributed by atoms with Gasteiger partial charge >= 0.3 is 14.6 Å². The first-order chi connectivity index (χ1) is 4.22. The fourth-order valence-electron chi connectivity index (χ4n) is 0.192. The molecule has 0 bridgehead atoms. The van der Waals surface area contributed by atoms with Crippen molar-refractivity contribution < 1.29 is 19.9 Å². The molecule has 0 aromatic rings. The molecule has 3 N–H and O–H groups in total. The van der Waals surface area contributed by atoms with Crippen molar-refractivity contribution in [3.05, 3.63) is 0 Å². The van der Waals surface area contributed by atoms with Crippen LogP contribution in [0.2, 0.25) is 0 Å². The third-order valence-corrected chi connectivity index (χ3v) is 1.61. The number of carbonyl (C=O) groups excluding carboxylic acids is 1. The van der Waals surface area contributed by atoms with Gasteiger partial charge in [-0.2, -0.15) is 0 Å². The molecule has 0 atom stereocenters. The Morgan fingerprint density at radius 2 is 2.33 bits per heavy atom. The molecule has 0 aromatic carbocycles. The Hall–Kier alpha value is -0.698. The van der Waals surface area contributed by atoms with E-state index in [0.29, 0.717) is 0 Å². The molecule has 0 spiro atoms. The Morgan fingerprint density at radius 3 is 2.44 bits per heavy atom. The molecule has 48 valence electrons. The first kappa shape index (κ1) is 8.30. The van der Waals surface area contributed by atoms with Crippen LogP contribution in [0.3, 0.4) is 0 Å². The second kappa shape index (κ2) is 4.21. The van der Waals surface area contributed by atoms with E-state index in [9.17, 15) is 9.59 Å². The van der Waals surface area contributed by atoms with Gasteiger partial charge in [0, 0.05) is 0 Å². The summed E-state index contributed by atoms with van der Waals surface area (Å²) in [5, 5.41) is 16.1. The molecule has 0 rings (SSSR count). The fraction of sp³-hybridized carbons (Fsp3) is 0. The highest BCUT2D eigenvalue weighted by Gasteiger charge is 2.30. The number of hydrogen-bond donors (Lipinski definition) is 3. The van der Waals surface area contributed by atoms with E-state index in [1.807, 2.05) is 0 Å². The smallest absolute Gasteiger partial charge is 0.492 e. The number of hydrogen-bond acceptors (Lipinski definition) is 5. The Bertz CT molecular complexity index is 151. The third kappa shape index (κ3) is 2.98. The van der Waals surface area contributed by atoms with Crippen LogP contribution in [0.5, 0.6) is 0 Å². The van der Waals surface area contributed by atoms with Crippen molar-refractivity contribution in [2.75, 3.05) is 0 Å². The van der Waals surface area contributed by atoms with Gasteiger partial charge in [0.2, 0.25) is 6.08 Å². The van der Waals surface area contributed by atoms with Gasteiger partial charge in [-0.25, -0.2) is 4.79 Å². The first-order valence-corrected chi connectivity index (χ1v) is 3.59. The SMILES string of the molecule is O=C=[N][Al]([NH]O)[C](=O)O. The summed E-state index contributed by atoms with van der Waals surface area (Å²) in [5.41, 5.74) is 0. The highest BCUT2D eigenvalue weighted by molar-refractivity contribution is 6.85. The van der Waals surface area contributed by atoms with Crippen LogP contribution in [0.1, 0.15) is 0 Å². The van der Waals surface area contributed by atoms with Crippen LogP contribution < -0.4 is 4.46 Å². The van der Waals surface area contributed by atoms with Crippen LogP contribution >= 0.6 is 0 Å². The van der Waals surface area contributed by atoms with Crippen LogP contribution in [-0.2, 0) is 4.79 Å². The second-order valence-electron chi connectivity index (χ2n) is 1.09. The monoisotopic (exact) mass is 146 g/mol. The lowest BCUT2D eigenvalue weighted by atomic mass is 11.6. The summed E-state index contributed by atoms with van der Waals surface area (Å²) in [6, 6.07) is 0. The van der Waals surface area contributed by atoms with Crippen molar-refractivity contribution in [1.82, 2.24) is 4.46 Å². The van der Waals surface area contributed by atoms with Crippen LogP contribution in [0.4, 0.5) is 4.79 Å². The van der Waals surface area contributed by atoms with E-state index in [1.54, 1.807) is 0 Å². The molecule has 0 unspecified atom stereocenters. The van der Waals surface area contributed by atoms with Crippen LogP contribution in [0.15, 0.2) is 3.98 Å². The van der Waals surface area contributed by atoms with Gasteiger partial charge in [-0.3, -0.25) is 13.2 Å². The molecule has 7 heteroatoms. The molecule has 0 radical (unpaired) electrons. The predicted octanol–water partition coefficient (Wildman–Crippen LogP) is -0.951. The van der Waals surface area contributed by atoms with E-state index in [0.717, 1.165) is 6.08 Å². The summed E-state index contributed by atoms with van der Waals surface area (Å²) < 4.78 is 4.23. The van der Waals surface area contributed by atoms with Gasteiger partial charge in [-0.15, -0.1) is 0 Å². The van der Waals surface area contributed by atoms with E-state index in [4.69, 9.17) is 10.3 Å². The summed E-state index contributed by atoms with van der Waals surface area (Å²) in [5.74, 6) is 0. The molecule has 0 fully saturated rings. The van der Waals surface area contributed by atoms with E-state index in [-0.39, 0.29) is 0 Å². The molecule has 0 aliphatic carbocycles. The number of isocyanates is 1. The lowest BCUT2D eigenvalue weighted by molar-refractivity contribution is 0.207. The predicted molar refractivity (Wildman–Crippen MR) is 26.8 cm³/mol. The first-order valence-electron chi connectivity index (χ1n) is 1.91. The number of carboxylic acid groups (broad SMARTS) is 1. The molecule has 0 aliphatic heterocycles. The van der Waals surface area contributed by atoms with Crippen molar-refractivity contribution in [2.24, 2.45) is 3.98 Å². The van der Waals surface area contributed by atoms with Gasteiger partial charge in [-0.05, 0) is 0 Å². The Kier molecular flexibility index (Phi) is 3.88. The second-order valence-corrected chi connectivity index (χ2v) is 2.91. The summed E-state index contributed by atoms with van der Waals surface area (Å²) in [4.78, 5) is 18.0. The molecular weight excluding hydrogens is 143 g/mol. The van der Waals surface area contributed by atoms with Crippen molar-refractivity contribution in [1.29, 1.82) is 0 Å². The molecule has 0 heterocycles. The van der Waals surface area contributed by atoms with Crippen molar-refractivity contribution >= 4 is 25.5 Å². The van der Waals surface area contributed by atoms with Gasteiger partial charge in [-0.1, -0.05) is 0 Å². The zero-order valence-corrected chi connectivity index (χ0v) is 5.39. The third-order valence-electron chi connectivity index (χ3n) is 0.538. The lowest BCUT2D eigenvalue weighted by Gasteiger charge is -1.90. The van der Waals surface area contributed by atoms with Crippen LogP contribution in [-0.4, -0.2) is 35.8 Å². The Balaban J connectivity index is 3.98. The Morgan fingerprint density at radius 1 is 1.78 bits per heavy atom. The van der Waals surface area contributed by atoms with E-state index < -0.39 is 19.4 Å². The minimum Gasteiger partial charge on any atom is -0.492 e. The van der Waals surface area contributed by atoms with Crippen LogP contribution in [0, 0.1) is 0 Å². The summed E-state index contributed by atoms with van der Waals surface area (Å²) in [6.45, 7) is 0. The average Bonchev–Trinajstić information content (AvgIpc) is 1.82. The highest BCUT2D eigenvalue weighted by atomic mass is 27.2. The fourth-order valence-corrected chi connectivity index (χ4v) is 0.576. The number of nitrogens with zero attached hydrogens (tertiary/aromatic N) is 1. The van der Waals surface area contributed by atoms with Crippen molar-refractivity contribution in [2.45, 2.75) is 0 Å². The van der Waals surface area contributed by atoms with Crippen LogP contribution in [0.25, 0.3) is 0 Å². The minimum absolute atomic E-state index is 1.03. The Labute approximate surface area is 54.6 Å². The van der Waals surface area contributed by atoms with Gasteiger partial charge in [0.15, 0.2) is 0 Å². The molecule has 0 aromatic heterocycles. The highest BCUT2D eigenvalue weighted by Crippen LogP contribution is 1.76. The molecule has 9 heavy (non-hydrogen) atoms. The largest absolute Gasteiger partial charge is 0.735 e. The summed E-state index contributed by atoms with van der Waals surface area (Å²) >= 11 is -2.86. The van der Waals surface area contributed by atoms with E-state index in [1.165, 1.54) is 4.46 Å². The number of nitrogens with one attached hydrogen (secondary N) is 1. The van der Waals surface area contributed by atoms with Crippen molar-refractivity contribution in [3.63, 3.8) is 0 Å². The van der Waals surface area contributed by atoms with E-state index in [2.05, 4.69) is 3.98 Å². The summed E-state index contributed by atoms with van der Waals surface area (Å²) in [7, 11) is 0. The maximum Gasteiger partial charge on any atom is 0.735 e. The standard InChI is InChI=1S/CNO.CHO2.Al.H2NO/c2*2-1-3;;1-2/h;(H,2,3);;1-2H/q-1;;+2;-1. The van der Waals surface area contributed by atoms with Gasteiger partial charge in [0.25, 0.3) is 4.83 Å². The molecule has 0 saturated heterocycles. The zero-order chi connectivity index (χ0) is 7.28. The van der Waals surface area contributed by atoms with Gasteiger partial charge in [0.1, 0.15) is 0 Å². The molecule has 0 saturated carbocycles. The maximum atomic E-state index is 9.89. The molecule has 6 nitrogen and oxygen atoms in total. The number of carbonyl (C=O) groups is 1. The molecular formula is C2H3AlN2O4. The molecule has 0 amide bonds. The minimum atomic E-state index is -2.86. The lowest BCUT2D eigenvalue weighted by Crippen LogP contribution is -2.37. The normalized spacial score (nSPS) is 7.67. The van der Waals surface area contributed by atoms with Gasteiger partial charge < -0.3 is 10.3 Å². The summed E-state index contributed by atoms with van der Waals surface area (Å²) in [6.07, 6.45) is 1.03. The quantitative estimate of drug-likeness (QED) is 0.206. The average molecular weight is 146 g/mol. The van der Waals surface area contributed by atoms with Crippen molar-refractivity contribution in [3.8, 4) is 0 Å². The topological polar surface area (TPSA) is 99.0 Å². The molecule has 0 aliphatic rings. The zero-order valence-electron chi connectivity index (χ0n) is 4.24. The van der Waals surface area contributed by atoms with E-state index >= 15 is 0 Å². The maximum absolute atomic E-state index is 9.89. The number of rotatable bonds is 3. The van der Waals surface area contributed by atoms with Gasteiger partial charge in [0.05, 0.1) is 0 Å².